The second kappa shape index (κ2) is 11.6. The second-order valence-electron chi connectivity index (χ2n) is 6.75. The van der Waals surface area contributed by atoms with Gasteiger partial charge in [-0.15, -0.1) is 0 Å². The minimum atomic E-state index is 0.553. The summed E-state index contributed by atoms with van der Waals surface area (Å²) in [6, 6.07) is 14.4. The molecule has 0 aliphatic rings. The Morgan fingerprint density at radius 2 is 1.65 bits per heavy atom. The smallest absolute Gasteiger partial charge is 0.166 e. The first kappa shape index (κ1) is 20.3. The molecule has 0 atom stereocenters. The highest BCUT2D eigenvalue weighted by molar-refractivity contribution is 5.46. The summed E-state index contributed by atoms with van der Waals surface area (Å²) in [5.74, 6) is 1.64. The number of unbranched alkanes of at least 4 members (excludes halogenated alkanes) is 4. The molecule has 0 spiro atoms. The average molecular weight is 356 g/mol. The summed E-state index contributed by atoms with van der Waals surface area (Å²) in [5, 5.41) is 3.54. The number of aryl methyl sites for hydroxylation is 1. The maximum Gasteiger partial charge on any atom is 0.166 e. The molecular weight excluding hydrogens is 322 g/mol. The predicted octanol–water partition coefficient (Wildman–Crippen LogP) is 5.64. The van der Waals surface area contributed by atoms with Crippen LogP contribution in [0.2, 0.25) is 0 Å². The van der Waals surface area contributed by atoms with Gasteiger partial charge >= 0.3 is 0 Å². The zero-order chi connectivity index (χ0) is 18.6. The van der Waals surface area contributed by atoms with Gasteiger partial charge in [0, 0.05) is 12.1 Å². The van der Waals surface area contributed by atoms with Crippen LogP contribution < -0.4 is 14.8 Å². The molecule has 142 valence electrons. The summed E-state index contributed by atoms with van der Waals surface area (Å²) in [6.45, 7) is 6.75. The second-order valence-corrected chi connectivity index (χ2v) is 6.75. The molecule has 26 heavy (non-hydrogen) atoms. The summed E-state index contributed by atoms with van der Waals surface area (Å²) in [6.07, 6.45) is 6.49. The predicted molar refractivity (Wildman–Crippen MR) is 109 cm³/mol. The first-order valence-electron chi connectivity index (χ1n) is 9.80. The van der Waals surface area contributed by atoms with Crippen LogP contribution in [0.5, 0.6) is 11.5 Å². The van der Waals surface area contributed by atoms with E-state index in [-0.39, 0.29) is 0 Å². The monoisotopic (exact) mass is 355 g/mol. The molecule has 3 heteroatoms. The van der Waals surface area contributed by atoms with Gasteiger partial charge in [-0.2, -0.15) is 0 Å². The van der Waals surface area contributed by atoms with Crippen molar-refractivity contribution >= 4 is 0 Å². The fourth-order valence-electron chi connectivity index (χ4n) is 3.02. The van der Waals surface area contributed by atoms with Crippen molar-refractivity contribution in [1.82, 2.24) is 5.32 Å². The summed E-state index contributed by atoms with van der Waals surface area (Å²) >= 11 is 0. The van der Waals surface area contributed by atoms with Gasteiger partial charge < -0.3 is 14.8 Å². The first-order chi connectivity index (χ1) is 12.8. The molecule has 0 radical (unpaired) electrons. The maximum absolute atomic E-state index is 6.17. The minimum Gasteiger partial charge on any atom is -0.493 e. The number of rotatable bonds is 12. The lowest BCUT2D eigenvalue weighted by atomic mass is 10.1. The highest BCUT2D eigenvalue weighted by Gasteiger charge is 2.11. The van der Waals surface area contributed by atoms with Gasteiger partial charge in [-0.05, 0) is 37.1 Å². The van der Waals surface area contributed by atoms with Crippen LogP contribution in [0.25, 0.3) is 0 Å². The standard InChI is InChI=1S/C23H33NO2/c1-4-5-6-7-10-16-24-17-20-14-11-15-22(25-3)23(20)26-18-21-13-9-8-12-19(21)2/h8-9,11-15,24H,4-7,10,16-18H2,1-3H3. The molecule has 0 saturated heterocycles. The molecule has 0 heterocycles. The summed E-state index contributed by atoms with van der Waals surface area (Å²) < 4.78 is 11.7. The zero-order valence-corrected chi connectivity index (χ0v) is 16.5. The zero-order valence-electron chi connectivity index (χ0n) is 16.5. The van der Waals surface area contributed by atoms with E-state index < -0.39 is 0 Å². The number of hydrogen-bond acceptors (Lipinski definition) is 3. The Balaban J connectivity index is 1.93. The van der Waals surface area contributed by atoms with Gasteiger partial charge in [0.2, 0.25) is 0 Å². The van der Waals surface area contributed by atoms with Gasteiger partial charge in [-0.3, -0.25) is 0 Å². The van der Waals surface area contributed by atoms with E-state index >= 15 is 0 Å². The van der Waals surface area contributed by atoms with Gasteiger partial charge in [0.05, 0.1) is 7.11 Å². The SMILES string of the molecule is CCCCCCCNCc1cccc(OC)c1OCc1ccccc1C. The molecule has 0 amide bonds. The number of hydrogen-bond donors (Lipinski definition) is 1. The van der Waals surface area contributed by atoms with Crippen molar-refractivity contribution in [1.29, 1.82) is 0 Å². The lowest BCUT2D eigenvalue weighted by Gasteiger charge is -2.16. The Hall–Kier alpha value is -2.00. The van der Waals surface area contributed by atoms with Crippen molar-refractivity contribution in [3.63, 3.8) is 0 Å². The molecule has 0 saturated carbocycles. The Morgan fingerprint density at radius 1 is 0.885 bits per heavy atom. The average Bonchev–Trinajstić information content (AvgIpc) is 2.67. The topological polar surface area (TPSA) is 30.5 Å². The van der Waals surface area contributed by atoms with Crippen molar-refractivity contribution in [3.05, 3.63) is 59.2 Å². The number of para-hydroxylation sites is 1. The van der Waals surface area contributed by atoms with Gasteiger partial charge in [-0.1, -0.05) is 69.0 Å². The van der Waals surface area contributed by atoms with Crippen LogP contribution in [0, 0.1) is 6.92 Å². The molecule has 0 aliphatic carbocycles. The van der Waals surface area contributed by atoms with Crippen LogP contribution in [-0.2, 0) is 13.2 Å². The fourth-order valence-corrected chi connectivity index (χ4v) is 3.02. The van der Waals surface area contributed by atoms with E-state index in [4.69, 9.17) is 9.47 Å². The fraction of sp³-hybridized carbons (Fsp3) is 0.478. The Kier molecular flexibility index (Phi) is 9.05. The Bertz CT molecular complexity index is 654. The van der Waals surface area contributed by atoms with Crippen molar-refractivity contribution in [2.75, 3.05) is 13.7 Å². The molecule has 0 fully saturated rings. The lowest BCUT2D eigenvalue weighted by Crippen LogP contribution is -2.15. The van der Waals surface area contributed by atoms with E-state index in [1.165, 1.54) is 43.2 Å². The third-order valence-electron chi connectivity index (χ3n) is 4.69. The molecule has 0 aromatic heterocycles. The molecule has 2 rings (SSSR count). The molecule has 2 aromatic rings. The number of benzene rings is 2. The van der Waals surface area contributed by atoms with Crippen molar-refractivity contribution in [2.24, 2.45) is 0 Å². The van der Waals surface area contributed by atoms with Crippen molar-refractivity contribution in [2.45, 2.75) is 59.1 Å². The molecule has 2 aromatic carbocycles. The largest absolute Gasteiger partial charge is 0.493 e. The maximum atomic E-state index is 6.17. The van der Waals surface area contributed by atoms with E-state index in [1.54, 1.807) is 7.11 Å². The van der Waals surface area contributed by atoms with Crippen LogP contribution in [0.4, 0.5) is 0 Å². The van der Waals surface area contributed by atoms with Gasteiger partial charge in [0.25, 0.3) is 0 Å². The van der Waals surface area contributed by atoms with Crippen molar-refractivity contribution < 1.29 is 9.47 Å². The van der Waals surface area contributed by atoms with Crippen LogP contribution in [0.1, 0.15) is 55.7 Å². The third kappa shape index (κ3) is 6.38. The van der Waals surface area contributed by atoms with Crippen molar-refractivity contribution in [3.8, 4) is 11.5 Å². The molecule has 1 N–H and O–H groups in total. The normalized spacial score (nSPS) is 10.7. The molecule has 0 unspecified atom stereocenters. The van der Waals surface area contributed by atoms with Crippen LogP contribution >= 0.6 is 0 Å². The number of methoxy groups -OCH3 is 1. The number of ether oxygens (including phenoxy) is 2. The van der Waals surface area contributed by atoms with Crippen LogP contribution in [-0.4, -0.2) is 13.7 Å². The Morgan fingerprint density at radius 3 is 2.42 bits per heavy atom. The van der Waals surface area contributed by atoms with E-state index in [0.29, 0.717) is 6.61 Å². The molecule has 3 nitrogen and oxygen atoms in total. The van der Waals surface area contributed by atoms with E-state index in [0.717, 1.165) is 30.2 Å². The summed E-state index contributed by atoms with van der Waals surface area (Å²) in [4.78, 5) is 0. The minimum absolute atomic E-state index is 0.553. The Labute approximate surface area is 158 Å². The number of nitrogens with one attached hydrogen (secondary N) is 1. The highest BCUT2D eigenvalue weighted by Crippen LogP contribution is 2.32. The lowest BCUT2D eigenvalue weighted by molar-refractivity contribution is 0.280. The van der Waals surface area contributed by atoms with Crippen LogP contribution in [0.15, 0.2) is 42.5 Å². The molecular formula is C23H33NO2. The summed E-state index contributed by atoms with van der Waals surface area (Å²) in [7, 11) is 1.70. The summed E-state index contributed by atoms with van der Waals surface area (Å²) in [5.41, 5.74) is 3.59. The van der Waals surface area contributed by atoms with E-state index in [1.807, 2.05) is 12.1 Å². The quantitative estimate of drug-likeness (QED) is 0.500. The third-order valence-corrected chi connectivity index (χ3v) is 4.69. The molecule has 0 aliphatic heterocycles. The van der Waals surface area contributed by atoms with Crippen LogP contribution in [0.3, 0.4) is 0 Å². The first-order valence-corrected chi connectivity index (χ1v) is 9.80. The van der Waals surface area contributed by atoms with Gasteiger partial charge in [0.1, 0.15) is 6.61 Å². The van der Waals surface area contributed by atoms with E-state index in [9.17, 15) is 0 Å². The molecule has 0 bridgehead atoms. The van der Waals surface area contributed by atoms with E-state index in [2.05, 4.69) is 49.5 Å². The highest BCUT2D eigenvalue weighted by atomic mass is 16.5. The van der Waals surface area contributed by atoms with Gasteiger partial charge in [-0.25, -0.2) is 0 Å². The van der Waals surface area contributed by atoms with Gasteiger partial charge in [0.15, 0.2) is 11.5 Å².